The van der Waals surface area contributed by atoms with Crippen molar-refractivity contribution in [2.45, 2.75) is 31.2 Å². The molecule has 2 N–H and O–H groups in total. The second-order valence-electron chi connectivity index (χ2n) is 4.87. The molecule has 1 aromatic carbocycles. The molecule has 1 heterocycles. The van der Waals surface area contributed by atoms with E-state index in [0.717, 1.165) is 30.5 Å². The molecule has 1 aliphatic carbocycles. The molecule has 90 valence electrons. The summed E-state index contributed by atoms with van der Waals surface area (Å²) in [6.45, 7) is 0. The third kappa shape index (κ3) is 1.61. The van der Waals surface area contributed by atoms with Gasteiger partial charge in [-0.2, -0.15) is 0 Å². The van der Waals surface area contributed by atoms with Crippen molar-refractivity contribution in [1.82, 2.24) is 0 Å². The van der Waals surface area contributed by atoms with Crippen LogP contribution in [0.5, 0.6) is 0 Å². The van der Waals surface area contributed by atoms with E-state index in [1.165, 1.54) is 0 Å². The molecular formula is C13H14ClNO2. The monoisotopic (exact) mass is 251 g/mol. The highest BCUT2D eigenvalue weighted by molar-refractivity contribution is 6.33. The van der Waals surface area contributed by atoms with Gasteiger partial charge in [-0.25, -0.2) is 0 Å². The molecule has 3 rings (SSSR count). The van der Waals surface area contributed by atoms with Crippen LogP contribution in [-0.2, 0) is 4.79 Å². The number of fused-ring (bicyclic) bond motifs is 2. The Kier molecular flexibility index (Phi) is 2.51. The molecule has 1 fully saturated rings. The van der Waals surface area contributed by atoms with Crippen molar-refractivity contribution in [2.24, 2.45) is 5.92 Å². The lowest BCUT2D eigenvalue weighted by Crippen LogP contribution is -2.37. The van der Waals surface area contributed by atoms with Gasteiger partial charge in [0, 0.05) is 6.04 Å². The summed E-state index contributed by atoms with van der Waals surface area (Å²) in [7, 11) is 0. The van der Waals surface area contributed by atoms with Crippen molar-refractivity contribution in [3.8, 4) is 0 Å². The van der Waals surface area contributed by atoms with Gasteiger partial charge in [0.1, 0.15) is 0 Å². The first-order valence-electron chi connectivity index (χ1n) is 5.96. The van der Waals surface area contributed by atoms with Crippen LogP contribution in [0.15, 0.2) is 18.2 Å². The summed E-state index contributed by atoms with van der Waals surface area (Å²) in [5, 5.41) is 13.5. The molecule has 3 nitrogen and oxygen atoms in total. The van der Waals surface area contributed by atoms with Gasteiger partial charge in [-0.15, -0.1) is 0 Å². The zero-order chi connectivity index (χ0) is 12.0. The first-order chi connectivity index (χ1) is 8.18. The standard InChI is InChI=1S/C13H14ClNO2/c14-9-5-1-4-8-11(13(16)17)7-3-2-6-10(7)15-12(8)9/h1,4-5,7,10-11,15H,2-3,6H2,(H,16,17). The van der Waals surface area contributed by atoms with Crippen molar-refractivity contribution in [3.63, 3.8) is 0 Å². The lowest BCUT2D eigenvalue weighted by Gasteiger charge is -2.35. The molecule has 0 aromatic heterocycles. The summed E-state index contributed by atoms with van der Waals surface area (Å²) in [6, 6.07) is 5.78. The van der Waals surface area contributed by atoms with E-state index in [4.69, 9.17) is 11.6 Å². The molecule has 17 heavy (non-hydrogen) atoms. The minimum absolute atomic E-state index is 0.207. The van der Waals surface area contributed by atoms with Crippen LogP contribution in [0.1, 0.15) is 30.7 Å². The molecule has 4 heteroatoms. The van der Waals surface area contributed by atoms with Crippen LogP contribution in [-0.4, -0.2) is 17.1 Å². The molecule has 3 unspecified atom stereocenters. The Labute approximate surface area is 105 Å². The predicted octanol–water partition coefficient (Wildman–Crippen LogP) is 3.10. The Morgan fingerprint density at radius 3 is 3.00 bits per heavy atom. The van der Waals surface area contributed by atoms with Crippen molar-refractivity contribution < 1.29 is 9.90 Å². The molecular weight excluding hydrogens is 238 g/mol. The van der Waals surface area contributed by atoms with Gasteiger partial charge in [0.2, 0.25) is 0 Å². The van der Waals surface area contributed by atoms with E-state index in [0.29, 0.717) is 5.02 Å². The smallest absolute Gasteiger partial charge is 0.311 e. The number of rotatable bonds is 1. The third-order valence-corrected chi connectivity index (χ3v) is 4.29. The summed E-state index contributed by atoms with van der Waals surface area (Å²) in [6.07, 6.45) is 3.12. The van der Waals surface area contributed by atoms with Crippen LogP contribution in [0.25, 0.3) is 0 Å². The Hall–Kier alpha value is -1.22. The maximum absolute atomic E-state index is 11.5. The highest BCUT2D eigenvalue weighted by atomic mass is 35.5. The molecule has 1 saturated carbocycles. The van der Waals surface area contributed by atoms with Crippen LogP contribution in [0.3, 0.4) is 0 Å². The molecule has 0 amide bonds. The molecule has 0 bridgehead atoms. The van der Waals surface area contributed by atoms with Gasteiger partial charge in [0.25, 0.3) is 0 Å². The van der Waals surface area contributed by atoms with Crippen molar-refractivity contribution in [1.29, 1.82) is 0 Å². The number of nitrogens with one attached hydrogen (secondary N) is 1. The minimum Gasteiger partial charge on any atom is -0.481 e. The third-order valence-electron chi connectivity index (χ3n) is 3.97. The van der Waals surface area contributed by atoms with E-state index in [1.807, 2.05) is 18.2 Å². The number of hydrogen-bond donors (Lipinski definition) is 2. The summed E-state index contributed by atoms with van der Waals surface area (Å²) in [4.78, 5) is 11.5. The van der Waals surface area contributed by atoms with Crippen LogP contribution >= 0.6 is 11.6 Å². The Morgan fingerprint density at radius 1 is 1.41 bits per heavy atom. The highest BCUT2D eigenvalue weighted by Gasteiger charge is 2.43. The van der Waals surface area contributed by atoms with E-state index in [9.17, 15) is 9.90 Å². The maximum Gasteiger partial charge on any atom is 0.311 e. The average molecular weight is 252 g/mol. The van der Waals surface area contributed by atoms with E-state index >= 15 is 0 Å². The van der Waals surface area contributed by atoms with Crippen molar-refractivity contribution in [3.05, 3.63) is 28.8 Å². The first-order valence-corrected chi connectivity index (χ1v) is 6.34. The van der Waals surface area contributed by atoms with E-state index < -0.39 is 11.9 Å². The van der Waals surface area contributed by atoms with Crippen LogP contribution in [0.4, 0.5) is 5.69 Å². The minimum atomic E-state index is -0.730. The number of halogens is 1. The molecule has 0 saturated heterocycles. The molecule has 2 aliphatic rings. The molecule has 3 atom stereocenters. The lowest BCUT2D eigenvalue weighted by atomic mass is 9.79. The van der Waals surface area contributed by atoms with E-state index in [-0.39, 0.29) is 12.0 Å². The van der Waals surface area contributed by atoms with Gasteiger partial charge in [-0.05, 0) is 30.4 Å². The Balaban J connectivity index is 2.13. The zero-order valence-corrected chi connectivity index (χ0v) is 10.1. The quantitative estimate of drug-likeness (QED) is 0.806. The van der Waals surface area contributed by atoms with Crippen molar-refractivity contribution in [2.75, 3.05) is 5.32 Å². The number of carbonyl (C=O) groups is 1. The molecule has 1 aromatic rings. The van der Waals surface area contributed by atoms with Gasteiger partial charge in [0.05, 0.1) is 16.6 Å². The van der Waals surface area contributed by atoms with E-state index in [1.54, 1.807) is 0 Å². The number of anilines is 1. The molecule has 0 radical (unpaired) electrons. The van der Waals surface area contributed by atoms with Crippen molar-refractivity contribution >= 4 is 23.3 Å². The fraction of sp³-hybridized carbons (Fsp3) is 0.462. The Bertz CT molecular complexity index is 474. The normalized spacial score (nSPS) is 30.3. The van der Waals surface area contributed by atoms with Gasteiger partial charge < -0.3 is 10.4 Å². The van der Waals surface area contributed by atoms with Gasteiger partial charge in [0.15, 0.2) is 0 Å². The maximum atomic E-state index is 11.5. The van der Waals surface area contributed by atoms with E-state index in [2.05, 4.69) is 5.32 Å². The SMILES string of the molecule is O=C(O)C1c2cccc(Cl)c2NC2CCCC21. The zero-order valence-electron chi connectivity index (χ0n) is 9.32. The summed E-state index contributed by atoms with van der Waals surface area (Å²) >= 11 is 6.15. The van der Waals surface area contributed by atoms with Gasteiger partial charge in [-0.3, -0.25) is 4.79 Å². The highest BCUT2D eigenvalue weighted by Crippen LogP contribution is 2.47. The number of benzene rings is 1. The average Bonchev–Trinajstić information content (AvgIpc) is 2.74. The second kappa shape index (κ2) is 3.91. The summed E-state index contributed by atoms with van der Waals surface area (Å²) in [5.74, 6) is -0.928. The first kappa shape index (κ1) is 10.9. The van der Waals surface area contributed by atoms with Crippen LogP contribution in [0.2, 0.25) is 5.02 Å². The van der Waals surface area contributed by atoms with Crippen LogP contribution < -0.4 is 5.32 Å². The fourth-order valence-corrected chi connectivity index (χ4v) is 3.49. The fourth-order valence-electron chi connectivity index (χ4n) is 3.25. The van der Waals surface area contributed by atoms with Gasteiger partial charge in [-0.1, -0.05) is 30.2 Å². The summed E-state index contributed by atoms with van der Waals surface area (Å²) < 4.78 is 0. The number of hydrogen-bond acceptors (Lipinski definition) is 2. The second-order valence-corrected chi connectivity index (χ2v) is 5.27. The number of aliphatic carboxylic acids is 1. The largest absolute Gasteiger partial charge is 0.481 e. The molecule has 1 aliphatic heterocycles. The van der Waals surface area contributed by atoms with Crippen LogP contribution in [0, 0.1) is 5.92 Å². The molecule has 0 spiro atoms. The number of carboxylic acids is 1. The topological polar surface area (TPSA) is 49.3 Å². The summed E-state index contributed by atoms with van der Waals surface area (Å²) in [5.41, 5.74) is 1.66. The van der Waals surface area contributed by atoms with Gasteiger partial charge >= 0.3 is 5.97 Å². The number of para-hydroxylation sites is 1. The lowest BCUT2D eigenvalue weighted by molar-refractivity contribution is -0.140. The Morgan fingerprint density at radius 2 is 2.24 bits per heavy atom. The predicted molar refractivity (Wildman–Crippen MR) is 66.6 cm³/mol. The number of carboxylic acid groups (broad SMARTS) is 1.